The third-order valence-corrected chi connectivity index (χ3v) is 5.74. The van der Waals surface area contributed by atoms with Crippen molar-refractivity contribution >= 4 is 17.0 Å². The van der Waals surface area contributed by atoms with E-state index in [0.717, 1.165) is 49.6 Å². The van der Waals surface area contributed by atoms with E-state index in [2.05, 4.69) is 11.9 Å². The Morgan fingerprint density at radius 3 is 2.72 bits per heavy atom. The fourth-order valence-electron chi connectivity index (χ4n) is 3.94. The first-order chi connectivity index (χ1) is 12.0. The van der Waals surface area contributed by atoms with E-state index in [4.69, 9.17) is 10.8 Å². The van der Waals surface area contributed by atoms with E-state index >= 15 is 0 Å². The predicted molar refractivity (Wildman–Crippen MR) is 97.0 cm³/mol. The second-order valence-corrected chi connectivity index (χ2v) is 7.63. The van der Waals surface area contributed by atoms with Gasteiger partial charge in [0.05, 0.1) is 5.52 Å². The summed E-state index contributed by atoms with van der Waals surface area (Å²) in [6.07, 6.45) is 7.94. The summed E-state index contributed by atoms with van der Waals surface area (Å²) in [4.78, 5) is 17.4. The lowest BCUT2D eigenvalue weighted by atomic mass is 9.98. The lowest BCUT2D eigenvalue weighted by Gasteiger charge is -2.21. The standard InChI is InChI=1S/C19H25N5O/c1-3-4-9-23-14-10-12(2)11-22-16(14)24(15(20)17(23)25)18(21)19(7-8-19)13-5-6-13/h10-11,13,20-21H,3-9H2,1-2H3. The van der Waals surface area contributed by atoms with E-state index in [1.54, 1.807) is 10.8 Å². The predicted octanol–water partition coefficient (Wildman–Crippen LogP) is 2.80. The van der Waals surface area contributed by atoms with Crippen molar-refractivity contribution in [2.45, 2.75) is 58.9 Å². The largest absolute Gasteiger partial charge is 0.302 e. The van der Waals surface area contributed by atoms with E-state index in [1.807, 2.05) is 13.0 Å². The topological polar surface area (TPSA) is 87.5 Å². The minimum Gasteiger partial charge on any atom is -0.302 e. The molecule has 0 spiro atoms. The monoisotopic (exact) mass is 339 g/mol. The van der Waals surface area contributed by atoms with Crippen LogP contribution in [0.2, 0.25) is 0 Å². The molecule has 2 aliphatic carbocycles. The molecule has 2 aliphatic rings. The molecule has 2 heterocycles. The summed E-state index contributed by atoms with van der Waals surface area (Å²) < 4.78 is 3.19. The molecule has 0 unspecified atom stereocenters. The van der Waals surface area contributed by atoms with Gasteiger partial charge in [0.15, 0.2) is 11.1 Å². The molecule has 0 bridgehead atoms. The third-order valence-electron chi connectivity index (χ3n) is 5.74. The highest BCUT2D eigenvalue weighted by atomic mass is 16.1. The van der Waals surface area contributed by atoms with E-state index < -0.39 is 0 Å². The number of nitrogens with one attached hydrogen (secondary N) is 2. The van der Waals surface area contributed by atoms with Crippen LogP contribution in [0, 0.1) is 29.1 Å². The van der Waals surface area contributed by atoms with E-state index in [1.165, 1.54) is 4.57 Å². The fourth-order valence-corrected chi connectivity index (χ4v) is 3.94. The number of rotatable bonds is 5. The van der Waals surface area contributed by atoms with Crippen molar-refractivity contribution in [3.05, 3.63) is 33.7 Å². The first kappa shape index (κ1) is 16.2. The summed E-state index contributed by atoms with van der Waals surface area (Å²) in [6.45, 7) is 4.63. The summed E-state index contributed by atoms with van der Waals surface area (Å²) in [6, 6.07) is 1.96. The first-order valence-electron chi connectivity index (χ1n) is 9.26. The molecule has 132 valence electrons. The van der Waals surface area contributed by atoms with Gasteiger partial charge in [-0.05, 0) is 56.6 Å². The van der Waals surface area contributed by atoms with E-state index in [9.17, 15) is 4.79 Å². The van der Waals surface area contributed by atoms with Gasteiger partial charge in [0.25, 0.3) is 5.56 Å². The van der Waals surface area contributed by atoms with Gasteiger partial charge in [0.1, 0.15) is 5.84 Å². The molecule has 0 amide bonds. The Labute approximate surface area is 146 Å². The highest BCUT2D eigenvalue weighted by Crippen LogP contribution is 2.62. The zero-order chi connectivity index (χ0) is 17.8. The Bertz CT molecular complexity index is 976. The molecule has 25 heavy (non-hydrogen) atoms. The Kier molecular flexibility index (Phi) is 3.67. The highest BCUT2D eigenvalue weighted by molar-refractivity contribution is 5.95. The number of fused-ring (bicyclic) bond motifs is 1. The Hall–Kier alpha value is -2.24. The number of aryl methyl sites for hydroxylation is 2. The summed E-state index contributed by atoms with van der Waals surface area (Å²) in [5.74, 6) is 0.955. The van der Waals surface area contributed by atoms with Gasteiger partial charge in [-0.3, -0.25) is 20.2 Å². The zero-order valence-corrected chi connectivity index (χ0v) is 14.9. The fraction of sp³-hybridized carbons (Fsp3) is 0.579. The van der Waals surface area contributed by atoms with Crippen LogP contribution >= 0.6 is 0 Å². The first-order valence-corrected chi connectivity index (χ1v) is 9.26. The Morgan fingerprint density at radius 2 is 2.12 bits per heavy atom. The van der Waals surface area contributed by atoms with Crippen LogP contribution in [0.5, 0.6) is 0 Å². The molecule has 6 heteroatoms. The van der Waals surface area contributed by atoms with Crippen molar-refractivity contribution < 1.29 is 0 Å². The maximum Gasteiger partial charge on any atom is 0.294 e. The van der Waals surface area contributed by atoms with Crippen molar-refractivity contribution in [3.63, 3.8) is 0 Å². The van der Waals surface area contributed by atoms with Crippen LogP contribution < -0.4 is 11.0 Å². The van der Waals surface area contributed by atoms with E-state index in [-0.39, 0.29) is 16.5 Å². The number of nitrogens with zero attached hydrogens (tertiary/aromatic N) is 3. The molecule has 2 aromatic rings. The second kappa shape index (κ2) is 5.64. The van der Waals surface area contributed by atoms with Crippen LogP contribution in [0.25, 0.3) is 11.2 Å². The van der Waals surface area contributed by atoms with Gasteiger partial charge in [-0.25, -0.2) is 4.98 Å². The van der Waals surface area contributed by atoms with Crippen LogP contribution in [-0.2, 0) is 6.54 Å². The lowest BCUT2D eigenvalue weighted by Crippen LogP contribution is -2.46. The molecule has 4 rings (SSSR count). The van der Waals surface area contributed by atoms with Gasteiger partial charge in [-0.2, -0.15) is 0 Å². The van der Waals surface area contributed by atoms with Crippen molar-refractivity contribution in [2.24, 2.45) is 11.3 Å². The number of aromatic nitrogens is 3. The summed E-state index contributed by atoms with van der Waals surface area (Å²) >= 11 is 0. The smallest absolute Gasteiger partial charge is 0.294 e. The number of hydrogen-bond donors (Lipinski definition) is 2. The number of unbranched alkanes of at least 4 members (excludes halogenated alkanes) is 1. The summed E-state index contributed by atoms with van der Waals surface area (Å²) in [7, 11) is 0. The maximum atomic E-state index is 12.9. The van der Waals surface area contributed by atoms with Crippen LogP contribution in [-0.4, -0.2) is 20.0 Å². The van der Waals surface area contributed by atoms with Gasteiger partial charge in [0, 0.05) is 18.2 Å². The summed E-state index contributed by atoms with van der Waals surface area (Å²) in [5, 5.41) is 17.3. The molecule has 0 aromatic carbocycles. The van der Waals surface area contributed by atoms with E-state index in [0.29, 0.717) is 23.9 Å². The molecule has 0 aliphatic heterocycles. The minimum absolute atomic E-state index is 0.123. The van der Waals surface area contributed by atoms with Crippen molar-refractivity contribution in [3.8, 4) is 0 Å². The molecule has 0 atom stereocenters. The molecule has 0 radical (unpaired) electrons. The Morgan fingerprint density at radius 1 is 1.40 bits per heavy atom. The number of hydrogen-bond acceptors (Lipinski definition) is 4. The van der Waals surface area contributed by atoms with Gasteiger partial charge in [0.2, 0.25) is 0 Å². The van der Waals surface area contributed by atoms with Crippen molar-refractivity contribution in [2.75, 3.05) is 0 Å². The average Bonchev–Trinajstić information content (AvgIpc) is 3.47. The van der Waals surface area contributed by atoms with Crippen LogP contribution in [0.4, 0.5) is 0 Å². The molecule has 0 saturated heterocycles. The Balaban J connectivity index is 1.96. The molecular weight excluding hydrogens is 314 g/mol. The van der Waals surface area contributed by atoms with Crippen molar-refractivity contribution in [1.29, 1.82) is 10.8 Å². The number of pyridine rings is 1. The van der Waals surface area contributed by atoms with Crippen LogP contribution in [0.15, 0.2) is 17.1 Å². The molecule has 2 N–H and O–H groups in total. The minimum atomic E-state index is -0.315. The van der Waals surface area contributed by atoms with Gasteiger partial charge in [-0.1, -0.05) is 13.3 Å². The molecule has 6 nitrogen and oxygen atoms in total. The molecule has 2 saturated carbocycles. The second-order valence-electron chi connectivity index (χ2n) is 7.63. The summed E-state index contributed by atoms with van der Waals surface area (Å²) in [5.41, 5.74) is 1.73. The van der Waals surface area contributed by atoms with Crippen LogP contribution in [0.1, 0.15) is 51.0 Å². The average molecular weight is 339 g/mol. The third kappa shape index (κ3) is 2.46. The van der Waals surface area contributed by atoms with Crippen molar-refractivity contribution in [1.82, 2.24) is 14.1 Å². The van der Waals surface area contributed by atoms with Gasteiger partial charge >= 0.3 is 0 Å². The normalized spacial score (nSPS) is 18.5. The molecule has 2 aromatic heterocycles. The van der Waals surface area contributed by atoms with Gasteiger partial charge < -0.3 is 4.57 Å². The molecular formula is C19H25N5O. The lowest BCUT2D eigenvalue weighted by molar-refractivity contribution is 0.568. The quantitative estimate of drug-likeness (QED) is 0.648. The maximum absolute atomic E-state index is 12.9. The van der Waals surface area contributed by atoms with Crippen LogP contribution in [0.3, 0.4) is 0 Å². The molecule has 2 fully saturated rings. The zero-order valence-electron chi connectivity index (χ0n) is 14.9. The SMILES string of the molecule is CCCCn1c(=O)c(=N)n(C(=N)C2(C3CC3)CC2)c2ncc(C)cc21. The van der Waals surface area contributed by atoms with Gasteiger partial charge in [-0.15, -0.1) is 0 Å². The highest BCUT2D eigenvalue weighted by Gasteiger charge is 2.57.